The second-order valence-electron chi connectivity index (χ2n) is 6.39. The number of piperazine rings is 1. The molecule has 1 saturated heterocycles. The molecule has 28 heavy (non-hydrogen) atoms. The lowest BCUT2D eigenvalue weighted by Gasteiger charge is -2.35. The Morgan fingerprint density at radius 3 is 2.36 bits per heavy atom. The summed E-state index contributed by atoms with van der Waals surface area (Å²) >= 11 is 0. The van der Waals surface area contributed by atoms with Crippen LogP contribution in [0.1, 0.15) is 10.5 Å². The standard InChI is InChI=1S/C20H19FN6O/c21-15-3-1-4-16(13-15)25-19(28)18-6-5-17(14-24-18)26-9-11-27(12-10-26)20-22-7-2-8-23-20/h1-8,13-14H,9-12H2,(H,25,28). The Morgan fingerprint density at radius 2 is 1.68 bits per heavy atom. The van der Waals surface area contributed by atoms with Crippen molar-refractivity contribution in [1.82, 2.24) is 15.0 Å². The van der Waals surface area contributed by atoms with Crippen LogP contribution < -0.4 is 15.1 Å². The van der Waals surface area contributed by atoms with Gasteiger partial charge in [-0.3, -0.25) is 4.79 Å². The molecule has 0 atom stereocenters. The monoisotopic (exact) mass is 378 g/mol. The van der Waals surface area contributed by atoms with Crippen molar-refractivity contribution in [3.8, 4) is 0 Å². The van der Waals surface area contributed by atoms with Crippen LogP contribution in [0.25, 0.3) is 0 Å². The third-order valence-electron chi connectivity index (χ3n) is 4.54. The van der Waals surface area contributed by atoms with Crippen LogP contribution >= 0.6 is 0 Å². The van der Waals surface area contributed by atoms with Crippen molar-refractivity contribution in [2.75, 3.05) is 41.3 Å². The highest BCUT2D eigenvalue weighted by atomic mass is 19.1. The van der Waals surface area contributed by atoms with Crippen LogP contribution in [0.15, 0.2) is 61.1 Å². The number of halogens is 1. The summed E-state index contributed by atoms with van der Waals surface area (Å²) in [5.74, 6) is -0.0333. The largest absolute Gasteiger partial charge is 0.367 e. The maximum absolute atomic E-state index is 13.2. The van der Waals surface area contributed by atoms with Crippen molar-refractivity contribution in [1.29, 1.82) is 0 Å². The van der Waals surface area contributed by atoms with E-state index in [1.807, 2.05) is 6.07 Å². The van der Waals surface area contributed by atoms with Gasteiger partial charge >= 0.3 is 0 Å². The molecular formula is C20H19FN6O. The van der Waals surface area contributed by atoms with Crippen LogP contribution in [-0.4, -0.2) is 47.0 Å². The number of hydrogen-bond donors (Lipinski definition) is 1. The fraction of sp³-hybridized carbons (Fsp3) is 0.200. The Labute approximate surface area is 161 Å². The molecule has 4 rings (SSSR count). The van der Waals surface area contributed by atoms with E-state index in [0.717, 1.165) is 37.8 Å². The molecule has 142 valence electrons. The average molecular weight is 378 g/mol. The number of aromatic nitrogens is 3. The number of carbonyl (C=O) groups is 1. The molecule has 1 fully saturated rings. The first-order valence-corrected chi connectivity index (χ1v) is 8.99. The molecule has 1 aromatic carbocycles. The predicted octanol–water partition coefficient (Wildman–Crippen LogP) is 2.59. The molecule has 1 N–H and O–H groups in total. The third kappa shape index (κ3) is 4.06. The smallest absolute Gasteiger partial charge is 0.274 e. The molecule has 2 aromatic heterocycles. The number of nitrogens with one attached hydrogen (secondary N) is 1. The molecule has 0 spiro atoms. The van der Waals surface area contributed by atoms with E-state index in [1.165, 1.54) is 12.1 Å². The lowest BCUT2D eigenvalue weighted by Crippen LogP contribution is -2.47. The molecule has 7 nitrogen and oxygen atoms in total. The minimum Gasteiger partial charge on any atom is -0.367 e. The number of benzene rings is 1. The summed E-state index contributed by atoms with van der Waals surface area (Å²) in [6, 6.07) is 11.1. The zero-order chi connectivity index (χ0) is 19.3. The highest BCUT2D eigenvalue weighted by molar-refractivity contribution is 6.02. The van der Waals surface area contributed by atoms with Gasteiger partial charge in [-0.05, 0) is 36.4 Å². The highest BCUT2D eigenvalue weighted by Gasteiger charge is 2.19. The average Bonchev–Trinajstić information content (AvgIpc) is 2.75. The van der Waals surface area contributed by atoms with Crippen molar-refractivity contribution in [3.05, 3.63) is 72.6 Å². The fourth-order valence-electron chi connectivity index (χ4n) is 3.09. The number of nitrogens with zero attached hydrogens (tertiary/aromatic N) is 5. The first kappa shape index (κ1) is 17.8. The van der Waals surface area contributed by atoms with E-state index >= 15 is 0 Å². The van der Waals surface area contributed by atoms with Crippen molar-refractivity contribution in [2.45, 2.75) is 0 Å². The van der Waals surface area contributed by atoms with Crippen LogP contribution in [0.5, 0.6) is 0 Å². The van der Waals surface area contributed by atoms with Gasteiger partial charge in [-0.1, -0.05) is 6.07 Å². The predicted molar refractivity (Wildman–Crippen MR) is 105 cm³/mol. The van der Waals surface area contributed by atoms with Crippen molar-refractivity contribution in [2.24, 2.45) is 0 Å². The van der Waals surface area contributed by atoms with Crippen molar-refractivity contribution < 1.29 is 9.18 Å². The van der Waals surface area contributed by atoms with Crippen LogP contribution in [0.4, 0.5) is 21.7 Å². The summed E-state index contributed by atoms with van der Waals surface area (Å²) in [6.45, 7) is 3.25. The maximum atomic E-state index is 13.2. The lowest BCUT2D eigenvalue weighted by atomic mass is 10.2. The molecule has 1 aliphatic heterocycles. The molecule has 1 aliphatic rings. The number of rotatable bonds is 4. The number of pyridine rings is 1. The van der Waals surface area contributed by atoms with Crippen LogP contribution in [0.3, 0.4) is 0 Å². The minimum atomic E-state index is -0.402. The van der Waals surface area contributed by atoms with Gasteiger partial charge in [0.1, 0.15) is 11.5 Å². The van der Waals surface area contributed by atoms with E-state index in [1.54, 1.807) is 42.9 Å². The number of amides is 1. The summed E-state index contributed by atoms with van der Waals surface area (Å²) in [7, 11) is 0. The van der Waals surface area contributed by atoms with Gasteiger partial charge in [0, 0.05) is 44.3 Å². The first-order chi connectivity index (χ1) is 13.7. The molecule has 3 heterocycles. The topological polar surface area (TPSA) is 74.2 Å². The quantitative estimate of drug-likeness (QED) is 0.752. The second-order valence-corrected chi connectivity index (χ2v) is 6.39. The van der Waals surface area contributed by atoms with Gasteiger partial charge in [-0.15, -0.1) is 0 Å². The zero-order valence-electron chi connectivity index (χ0n) is 15.1. The molecule has 0 radical (unpaired) electrons. The molecule has 3 aromatic rings. The second kappa shape index (κ2) is 7.99. The van der Waals surface area contributed by atoms with Gasteiger partial charge in [0.05, 0.1) is 11.9 Å². The van der Waals surface area contributed by atoms with E-state index in [2.05, 4.69) is 30.1 Å². The van der Waals surface area contributed by atoms with E-state index in [-0.39, 0.29) is 11.6 Å². The summed E-state index contributed by atoms with van der Waals surface area (Å²) in [4.78, 5) is 29.5. The Hall–Kier alpha value is -3.55. The van der Waals surface area contributed by atoms with Crippen molar-refractivity contribution >= 4 is 23.2 Å². The number of hydrogen-bond acceptors (Lipinski definition) is 6. The van der Waals surface area contributed by atoms with Crippen LogP contribution in [0, 0.1) is 5.82 Å². The SMILES string of the molecule is O=C(Nc1cccc(F)c1)c1ccc(N2CCN(c3ncccn3)CC2)cn1. The van der Waals surface area contributed by atoms with Gasteiger partial charge in [-0.25, -0.2) is 19.3 Å². The van der Waals surface area contributed by atoms with Gasteiger partial charge in [0.15, 0.2) is 0 Å². The Kier molecular flexibility index (Phi) is 5.09. The molecule has 8 heteroatoms. The summed E-state index contributed by atoms with van der Waals surface area (Å²) in [5.41, 5.74) is 1.63. The summed E-state index contributed by atoms with van der Waals surface area (Å²) < 4.78 is 13.2. The maximum Gasteiger partial charge on any atom is 0.274 e. The van der Waals surface area contributed by atoms with E-state index in [0.29, 0.717) is 5.69 Å². The third-order valence-corrected chi connectivity index (χ3v) is 4.54. The molecular weight excluding hydrogens is 359 g/mol. The van der Waals surface area contributed by atoms with Gasteiger partial charge < -0.3 is 15.1 Å². The highest BCUT2D eigenvalue weighted by Crippen LogP contribution is 2.18. The number of anilines is 3. The summed E-state index contributed by atoms with van der Waals surface area (Å²) in [5, 5.41) is 2.65. The van der Waals surface area contributed by atoms with Crippen molar-refractivity contribution in [3.63, 3.8) is 0 Å². The van der Waals surface area contributed by atoms with E-state index in [9.17, 15) is 9.18 Å². The fourth-order valence-corrected chi connectivity index (χ4v) is 3.09. The van der Waals surface area contributed by atoms with E-state index < -0.39 is 5.82 Å². The Balaban J connectivity index is 1.36. The molecule has 1 amide bonds. The molecule has 0 bridgehead atoms. The minimum absolute atomic E-state index is 0.282. The Morgan fingerprint density at radius 1 is 0.929 bits per heavy atom. The molecule has 0 saturated carbocycles. The molecule has 0 unspecified atom stereocenters. The number of carbonyl (C=O) groups excluding carboxylic acids is 1. The van der Waals surface area contributed by atoms with Gasteiger partial charge in [0.25, 0.3) is 5.91 Å². The van der Waals surface area contributed by atoms with Gasteiger partial charge in [-0.2, -0.15) is 0 Å². The zero-order valence-corrected chi connectivity index (χ0v) is 15.1. The lowest BCUT2D eigenvalue weighted by molar-refractivity contribution is 0.102. The first-order valence-electron chi connectivity index (χ1n) is 8.99. The normalized spacial score (nSPS) is 14.0. The van der Waals surface area contributed by atoms with E-state index in [4.69, 9.17) is 0 Å². The van der Waals surface area contributed by atoms with Crippen LogP contribution in [0.2, 0.25) is 0 Å². The van der Waals surface area contributed by atoms with Gasteiger partial charge in [0.2, 0.25) is 5.95 Å². The summed E-state index contributed by atoms with van der Waals surface area (Å²) in [6.07, 6.45) is 5.17. The molecule has 0 aliphatic carbocycles. The van der Waals surface area contributed by atoms with Crippen LogP contribution in [-0.2, 0) is 0 Å². The Bertz CT molecular complexity index is 942.